The summed E-state index contributed by atoms with van der Waals surface area (Å²) in [6.07, 6.45) is 4.51. The molecule has 1 atom stereocenters. The van der Waals surface area contributed by atoms with Crippen molar-refractivity contribution in [2.45, 2.75) is 18.9 Å². The summed E-state index contributed by atoms with van der Waals surface area (Å²) >= 11 is 4.88. The quantitative estimate of drug-likeness (QED) is 0.642. The lowest BCUT2D eigenvalue weighted by Gasteiger charge is -2.13. The highest BCUT2D eigenvalue weighted by Crippen LogP contribution is 2.11. The first kappa shape index (κ1) is 11.7. The summed E-state index contributed by atoms with van der Waals surface area (Å²) in [6.45, 7) is 0.597. The van der Waals surface area contributed by atoms with Gasteiger partial charge in [-0.25, -0.2) is 9.97 Å². The summed E-state index contributed by atoms with van der Waals surface area (Å²) in [5.74, 6) is 0.645. The third-order valence-electron chi connectivity index (χ3n) is 2.53. The predicted molar refractivity (Wildman–Crippen MR) is 67.6 cm³/mol. The molecule has 1 amide bonds. The Morgan fingerprint density at radius 1 is 1.59 bits per heavy atom. The molecule has 6 nitrogen and oxygen atoms in total. The van der Waals surface area contributed by atoms with Crippen molar-refractivity contribution in [1.29, 1.82) is 0 Å². The van der Waals surface area contributed by atoms with E-state index in [0.29, 0.717) is 24.5 Å². The maximum atomic E-state index is 11.0. The highest BCUT2D eigenvalue weighted by Gasteiger charge is 2.20. The van der Waals surface area contributed by atoms with Gasteiger partial charge in [-0.15, -0.1) is 0 Å². The Bertz CT molecular complexity index is 450. The average Bonchev–Trinajstić information content (AvgIpc) is 2.73. The number of nitrogens with one attached hydrogen (secondary N) is 2. The van der Waals surface area contributed by atoms with Crippen LogP contribution < -0.4 is 16.4 Å². The number of carbonyl (C=O) groups is 1. The van der Waals surface area contributed by atoms with Crippen LogP contribution in [0.1, 0.15) is 18.5 Å². The van der Waals surface area contributed by atoms with Crippen LogP contribution in [0, 0.1) is 0 Å². The van der Waals surface area contributed by atoms with Crippen LogP contribution in [0.25, 0.3) is 0 Å². The van der Waals surface area contributed by atoms with Gasteiger partial charge in [0.1, 0.15) is 10.7 Å². The van der Waals surface area contributed by atoms with E-state index in [1.165, 1.54) is 6.20 Å². The molecule has 7 heteroatoms. The van der Waals surface area contributed by atoms with Gasteiger partial charge in [-0.1, -0.05) is 12.2 Å². The van der Waals surface area contributed by atoms with Crippen molar-refractivity contribution in [3.63, 3.8) is 0 Å². The molecule has 2 heterocycles. The summed E-state index contributed by atoms with van der Waals surface area (Å²) in [5, 5.41) is 5.96. The number of rotatable bonds is 4. The minimum Gasteiger partial charge on any atom is -0.388 e. The third kappa shape index (κ3) is 2.88. The van der Waals surface area contributed by atoms with Gasteiger partial charge < -0.3 is 16.4 Å². The first-order valence-corrected chi connectivity index (χ1v) is 5.71. The van der Waals surface area contributed by atoms with Gasteiger partial charge in [-0.05, 0) is 6.42 Å². The predicted octanol–water partition coefficient (Wildman–Crippen LogP) is -0.199. The van der Waals surface area contributed by atoms with Gasteiger partial charge in [0.15, 0.2) is 5.82 Å². The zero-order valence-electron chi connectivity index (χ0n) is 9.14. The second-order valence-electron chi connectivity index (χ2n) is 3.80. The van der Waals surface area contributed by atoms with Crippen LogP contribution in [0.3, 0.4) is 0 Å². The monoisotopic (exact) mass is 251 g/mol. The summed E-state index contributed by atoms with van der Waals surface area (Å²) in [7, 11) is 0. The smallest absolute Gasteiger partial charge is 0.220 e. The lowest BCUT2D eigenvalue weighted by atomic mass is 10.2. The molecule has 0 bridgehead atoms. The Morgan fingerprint density at radius 2 is 2.35 bits per heavy atom. The molecule has 0 aliphatic carbocycles. The normalized spacial score (nSPS) is 18.8. The molecular weight excluding hydrogens is 238 g/mol. The van der Waals surface area contributed by atoms with E-state index in [1.807, 2.05) is 0 Å². The van der Waals surface area contributed by atoms with Crippen LogP contribution in [0.5, 0.6) is 0 Å². The van der Waals surface area contributed by atoms with E-state index in [1.54, 1.807) is 6.20 Å². The molecule has 90 valence electrons. The van der Waals surface area contributed by atoms with Gasteiger partial charge in [-0.2, -0.15) is 0 Å². The standard InChI is InChI=1S/C10H13N5OS/c11-9(17)8-10(13-4-3-12-8)14-5-6-1-2-7(16)15-6/h3-4,6H,1-2,5H2,(H2,11,17)(H,13,14)(H,15,16). The fraction of sp³-hybridized carbons (Fsp3) is 0.400. The first-order chi connectivity index (χ1) is 8.16. The van der Waals surface area contributed by atoms with E-state index in [-0.39, 0.29) is 16.9 Å². The van der Waals surface area contributed by atoms with Crippen molar-refractivity contribution in [2.75, 3.05) is 11.9 Å². The number of hydrogen-bond donors (Lipinski definition) is 3. The Morgan fingerprint density at radius 3 is 3.00 bits per heavy atom. The van der Waals surface area contributed by atoms with Crippen molar-refractivity contribution in [2.24, 2.45) is 5.73 Å². The zero-order valence-corrected chi connectivity index (χ0v) is 9.96. The van der Waals surface area contributed by atoms with E-state index in [0.717, 1.165) is 6.42 Å². The molecule has 1 aromatic rings. The van der Waals surface area contributed by atoms with Gasteiger partial charge in [0.2, 0.25) is 5.91 Å². The molecule has 17 heavy (non-hydrogen) atoms. The van der Waals surface area contributed by atoms with Crippen molar-refractivity contribution in [3.05, 3.63) is 18.1 Å². The fourth-order valence-electron chi connectivity index (χ4n) is 1.70. The molecule has 0 radical (unpaired) electrons. The Hall–Kier alpha value is -1.76. The minimum absolute atomic E-state index is 0.0884. The summed E-state index contributed by atoms with van der Waals surface area (Å²) in [6, 6.07) is 0.128. The van der Waals surface area contributed by atoms with Crippen LogP contribution in [-0.2, 0) is 4.79 Å². The largest absolute Gasteiger partial charge is 0.388 e. The Kier molecular flexibility index (Phi) is 3.48. The number of amides is 1. The van der Waals surface area contributed by atoms with Gasteiger partial charge in [0.25, 0.3) is 0 Å². The molecule has 1 fully saturated rings. The lowest BCUT2D eigenvalue weighted by Crippen LogP contribution is -2.32. The fourth-order valence-corrected chi connectivity index (χ4v) is 1.85. The number of aromatic nitrogens is 2. The van der Waals surface area contributed by atoms with Gasteiger partial charge in [0, 0.05) is 31.4 Å². The number of carbonyl (C=O) groups excluding carboxylic acids is 1. The average molecular weight is 251 g/mol. The molecule has 1 aliphatic heterocycles. The number of nitrogens with two attached hydrogens (primary N) is 1. The van der Waals surface area contributed by atoms with Crippen LogP contribution in [0.2, 0.25) is 0 Å². The molecular formula is C10H13N5OS. The van der Waals surface area contributed by atoms with E-state index in [9.17, 15) is 4.79 Å². The number of thiocarbonyl (C=S) groups is 1. The molecule has 1 aromatic heterocycles. The Balaban J connectivity index is 1.99. The molecule has 4 N–H and O–H groups in total. The number of hydrogen-bond acceptors (Lipinski definition) is 5. The summed E-state index contributed by atoms with van der Waals surface area (Å²) in [5.41, 5.74) is 6.02. The minimum atomic E-state index is 0.0884. The number of anilines is 1. The topological polar surface area (TPSA) is 92.9 Å². The van der Waals surface area contributed by atoms with E-state index in [2.05, 4.69) is 20.6 Å². The van der Waals surface area contributed by atoms with E-state index in [4.69, 9.17) is 18.0 Å². The lowest BCUT2D eigenvalue weighted by molar-refractivity contribution is -0.119. The maximum absolute atomic E-state index is 11.0. The SMILES string of the molecule is NC(=S)c1nccnc1NCC1CCC(=O)N1. The van der Waals surface area contributed by atoms with Gasteiger partial charge in [0.05, 0.1) is 0 Å². The molecule has 0 spiro atoms. The maximum Gasteiger partial charge on any atom is 0.220 e. The molecule has 1 aliphatic rings. The third-order valence-corrected chi connectivity index (χ3v) is 2.73. The molecule has 1 saturated heterocycles. The van der Waals surface area contributed by atoms with Crippen LogP contribution >= 0.6 is 12.2 Å². The Labute approximate surface area is 104 Å². The second-order valence-corrected chi connectivity index (χ2v) is 4.24. The highest BCUT2D eigenvalue weighted by molar-refractivity contribution is 7.80. The van der Waals surface area contributed by atoms with Crippen molar-refractivity contribution in [1.82, 2.24) is 15.3 Å². The van der Waals surface area contributed by atoms with E-state index >= 15 is 0 Å². The van der Waals surface area contributed by atoms with Gasteiger partial charge in [-0.3, -0.25) is 4.79 Å². The number of nitrogens with zero attached hydrogens (tertiary/aromatic N) is 2. The highest BCUT2D eigenvalue weighted by atomic mass is 32.1. The molecule has 1 unspecified atom stereocenters. The van der Waals surface area contributed by atoms with Crippen molar-refractivity contribution < 1.29 is 4.79 Å². The van der Waals surface area contributed by atoms with Crippen LogP contribution in [-0.4, -0.2) is 33.5 Å². The van der Waals surface area contributed by atoms with Crippen LogP contribution in [0.15, 0.2) is 12.4 Å². The first-order valence-electron chi connectivity index (χ1n) is 5.31. The summed E-state index contributed by atoms with van der Waals surface area (Å²) in [4.78, 5) is 19.4. The van der Waals surface area contributed by atoms with Crippen molar-refractivity contribution in [3.8, 4) is 0 Å². The molecule has 0 saturated carbocycles. The zero-order chi connectivity index (χ0) is 12.3. The second kappa shape index (κ2) is 5.05. The van der Waals surface area contributed by atoms with E-state index < -0.39 is 0 Å². The molecule has 0 aromatic carbocycles. The van der Waals surface area contributed by atoms with Crippen molar-refractivity contribution >= 4 is 28.9 Å². The van der Waals surface area contributed by atoms with Crippen LogP contribution in [0.4, 0.5) is 5.82 Å². The molecule has 2 rings (SSSR count). The van der Waals surface area contributed by atoms with Gasteiger partial charge >= 0.3 is 0 Å². The summed E-state index contributed by atoms with van der Waals surface area (Å²) < 4.78 is 0.